The zero-order valence-corrected chi connectivity index (χ0v) is 11.5. The number of aliphatic hydroxyl groups excluding tert-OH is 1. The number of nitrogens with zero attached hydrogens (tertiary/aromatic N) is 1. The van der Waals surface area contributed by atoms with Gasteiger partial charge in [-0.1, -0.05) is 31.2 Å². The molecule has 1 N–H and O–H groups in total. The Hall–Kier alpha value is -1.07. The molecule has 2 atom stereocenters. The molecular formula is C15H20F3NO. The van der Waals surface area contributed by atoms with Crippen molar-refractivity contribution in [1.29, 1.82) is 0 Å². The Bertz CT molecular complexity index is 447. The standard InChI is InChI=1S/C15H20F3NO/c1-2-19(10-15(16,17)18)13-9-5-7-11-6-3-4-8-12(11)14(13)20/h3-4,6,8,13-14,20H,2,5,7,9-10H2,1H3. The Kier molecular flexibility index (Phi) is 4.70. The summed E-state index contributed by atoms with van der Waals surface area (Å²) in [4.78, 5) is 1.34. The van der Waals surface area contributed by atoms with Gasteiger partial charge < -0.3 is 5.11 Å². The van der Waals surface area contributed by atoms with E-state index in [0.717, 1.165) is 24.0 Å². The van der Waals surface area contributed by atoms with E-state index in [4.69, 9.17) is 0 Å². The van der Waals surface area contributed by atoms with Crippen LogP contribution < -0.4 is 0 Å². The van der Waals surface area contributed by atoms with E-state index in [-0.39, 0.29) is 6.54 Å². The number of halogens is 3. The minimum absolute atomic E-state index is 0.281. The molecule has 1 aliphatic carbocycles. The maximum absolute atomic E-state index is 12.6. The van der Waals surface area contributed by atoms with Crippen molar-refractivity contribution in [3.63, 3.8) is 0 Å². The molecule has 0 radical (unpaired) electrons. The minimum Gasteiger partial charge on any atom is -0.387 e. The van der Waals surface area contributed by atoms with E-state index in [9.17, 15) is 18.3 Å². The lowest BCUT2D eigenvalue weighted by Gasteiger charge is -2.34. The van der Waals surface area contributed by atoms with Gasteiger partial charge in [-0.2, -0.15) is 13.2 Å². The maximum Gasteiger partial charge on any atom is 0.401 e. The number of hydrogen-bond donors (Lipinski definition) is 1. The number of fused-ring (bicyclic) bond motifs is 1. The average Bonchev–Trinajstić information content (AvgIpc) is 2.55. The van der Waals surface area contributed by atoms with Crippen molar-refractivity contribution < 1.29 is 18.3 Å². The van der Waals surface area contributed by atoms with E-state index in [1.54, 1.807) is 6.92 Å². The SMILES string of the molecule is CCN(CC(F)(F)F)C1CCCc2ccccc2C1O. The van der Waals surface area contributed by atoms with Crippen LogP contribution in [0.2, 0.25) is 0 Å². The van der Waals surface area contributed by atoms with Gasteiger partial charge in [-0.25, -0.2) is 0 Å². The zero-order chi connectivity index (χ0) is 14.8. The normalized spacial score (nSPS) is 23.5. The zero-order valence-electron chi connectivity index (χ0n) is 11.5. The molecule has 1 aromatic rings. The van der Waals surface area contributed by atoms with Crippen molar-refractivity contribution in [2.45, 2.75) is 44.5 Å². The molecule has 2 rings (SSSR count). The number of aliphatic hydroxyl groups is 1. The average molecular weight is 287 g/mol. The molecule has 0 amide bonds. The van der Waals surface area contributed by atoms with Crippen molar-refractivity contribution in [3.8, 4) is 0 Å². The van der Waals surface area contributed by atoms with Gasteiger partial charge in [0.2, 0.25) is 0 Å². The number of alkyl halides is 3. The lowest BCUT2D eigenvalue weighted by Crippen LogP contribution is -2.44. The molecule has 0 heterocycles. The highest BCUT2D eigenvalue weighted by Crippen LogP contribution is 2.33. The van der Waals surface area contributed by atoms with Gasteiger partial charge in [0.1, 0.15) is 0 Å². The number of aryl methyl sites for hydroxylation is 1. The molecule has 0 bridgehead atoms. The van der Waals surface area contributed by atoms with Gasteiger partial charge in [0.25, 0.3) is 0 Å². The fraction of sp³-hybridized carbons (Fsp3) is 0.600. The third kappa shape index (κ3) is 3.52. The van der Waals surface area contributed by atoms with E-state index in [1.165, 1.54) is 4.90 Å². The summed E-state index contributed by atoms with van der Waals surface area (Å²) in [5, 5.41) is 10.5. The Labute approximate surface area is 117 Å². The molecule has 0 saturated carbocycles. The van der Waals surface area contributed by atoms with Crippen molar-refractivity contribution in [3.05, 3.63) is 35.4 Å². The predicted octanol–water partition coefficient (Wildman–Crippen LogP) is 3.31. The van der Waals surface area contributed by atoms with Crippen LogP contribution in [0.5, 0.6) is 0 Å². The van der Waals surface area contributed by atoms with Crippen LogP contribution >= 0.6 is 0 Å². The van der Waals surface area contributed by atoms with E-state index in [2.05, 4.69) is 0 Å². The molecule has 20 heavy (non-hydrogen) atoms. The van der Waals surface area contributed by atoms with Crippen molar-refractivity contribution in [2.75, 3.05) is 13.1 Å². The van der Waals surface area contributed by atoms with Crippen LogP contribution in [0.25, 0.3) is 0 Å². The second-order valence-electron chi connectivity index (χ2n) is 5.28. The van der Waals surface area contributed by atoms with Gasteiger partial charge in [-0.15, -0.1) is 0 Å². The minimum atomic E-state index is -4.23. The summed E-state index contributed by atoms with van der Waals surface area (Å²) < 4.78 is 37.9. The number of rotatable bonds is 3. The predicted molar refractivity (Wildman–Crippen MR) is 71.4 cm³/mol. The van der Waals surface area contributed by atoms with E-state index in [0.29, 0.717) is 6.42 Å². The first-order valence-electron chi connectivity index (χ1n) is 6.99. The van der Waals surface area contributed by atoms with E-state index >= 15 is 0 Å². The summed E-state index contributed by atoms with van der Waals surface area (Å²) in [5.41, 5.74) is 1.82. The lowest BCUT2D eigenvalue weighted by molar-refractivity contribution is -0.155. The number of hydrogen-bond acceptors (Lipinski definition) is 2. The third-order valence-electron chi connectivity index (χ3n) is 3.94. The van der Waals surface area contributed by atoms with Crippen LogP contribution in [0.4, 0.5) is 13.2 Å². The smallest absolute Gasteiger partial charge is 0.387 e. The Morgan fingerprint density at radius 2 is 2.00 bits per heavy atom. The van der Waals surface area contributed by atoms with Gasteiger partial charge in [0.15, 0.2) is 0 Å². The Balaban J connectivity index is 2.23. The fourth-order valence-electron chi connectivity index (χ4n) is 2.99. The Morgan fingerprint density at radius 3 is 2.65 bits per heavy atom. The molecule has 2 unspecified atom stereocenters. The first-order valence-corrected chi connectivity index (χ1v) is 6.99. The molecule has 2 nitrogen and oxygen atoms in total. The third-order valence-corrected chi connectivity index (χ3v) is 3.94. The highest BCUT2D eigenvalue weighted by Gasteiger charge is 2.37. The van der Waals surface area contributed by atoms with Gasteiger partial charge >= 0.3 is 6.18 Å². The highest BCUT2D eigenvalue weighted by atomic mass is 19.4. The maximum atomic E-state index is 12.6. The topological polar surface area (TPSA) is 23.5 Å². The Morgan fingerprint density at radius 1 is 1.30 bits per heavy atom. The molecule has 1 aliphatic rings. The summed E-state index contributed by atoms with van der Waals surface area (Å²) in [6.45, 7) is 1.02. The number of likely N-dealkylation sites (N-methyl/N-ethyl adjacent to an activating group) is 1. The number of benzene rings is 1. The molecule has 0 aromatic heterocycles. The van der Waals surface area contributed by atoms with Crippen LogP contribution in [-0.2, 0) is 6.42 Å². The fourth-order valence-corrected chi connectivity index (χ4v) is 2.99. The van der Waals surface area contributed by atoms with Gasteiger partial charge in [0, 0.05) is 6.04 Å². The highest BCUT2D eigenvalue weighted by molar-refractivity contribution is 5.31. The molecule has 112 valence electrons. The van der Waals surface area contributed by atoms with Gasteiger partial charge in [0.05, 0.1) is 12.6 Å². The summed E-state index contributed by atoms with van der Waals surface area (Å²) in [6.07, 6.45) is -2.89. The first-order chi connectivity index (χ1) is 9.42. The van der Waals surface area contributed by atoms with Crippen LogP contribution in [-0.4, -0.2) is 35.3 Å². The molecule has 0 fully saturated rings. The second-order valence-corrected chi connectivity index (χ2v) is 5.28. The molecule has 5 heteroatoms. The summed E-state index contributed by atoms with van der Waals surface area (Å²) in [6, 6.07) is 7.02. The summed E-state index contributed by atoms with van der Waals surface area (Å²) in [7, 11) is 0. The summed E-state index contributed by atoms with van der Waals surface area (Å²) in [5.74, 6) is 0. The van der Waals surface area contributed by atoms with Crippen LogP contribution in [0.1, 0.15) is 37.0 Å². The largest absolute Gasteiger partial charge is 0.401 e. The molecule has 0 spiro atoms. The molecule has 0 saturated heterocycles. The van der Waals surface area contributed by atoms with E-state index in [1.807, 2.05) is 24.3 Å². The molecular weight excluding hydrogens is 267 g/mol. The van der Waals surface area contributed by atoms with E-state index < -0.39 is 24.9 Å². The first kappa shape index (κ1) is 15.3. The van der Waals surface area contributed by atoms with Crippen LogP contribution in [0, 0.1) is 0 Å². The van der Waals surface area contributed by atoms with Crippen molar-refractivity contribution in [2.24, 2.45) is 0 Å². The van der Waals surface area contributed by atoms with Crippen molar-refractivity contribution >= 4 is 0 Å². The molecule has 0 aliphatic heterocycles. The van der Waals surface area contributed by atoms with Crippen LogP contribution in [0.15, 0.2) is 24.3 Å². The monoisotopic (exact) mass is 287 g/mol. The second kappa shape index (κ2) is 6.14. The van der Waals surface area contributed by atoms with Gasteiger partial charge in [-0.05, 0) is 36.9 Å². The molecule has 1 aromatic carbocycles. The summed E-state index contributed by atoms with van der Waals surface area (Å²) >= 11 is 0. The van der Waals surface area contributed by atoms with Crippen LogP contribution in [0.3, 0.4) is 0 Å². The van der Waals surface area contributed by atoms with Gasteiger partial charge in [-0.3, -0.25) is 4.90 Å². The quantitative estimate of drug-likeness (QED) is 0.862. The lowest BCUT2D eigenvalue weighted by atomic mass is 9.98. The van der Waals surface area contributed by atoms with Crippen molar-refractivity contribution in [1.82, 2.24) is 4.90 Å².